The van der Waals surface area contributed by atoms with Crippen LogP contribution in [0.2, 0.25) is 5.02 Å². The van der Waals surface area contributed by atoms with Crippen LogP contribution in [0.5, 0.6) is 0 Å². The quantitative estimate of drug-likeness (QED) is 0.749. The number of pyridine rings is 1. The number of hydrogen-bond donors (Lipinski definition) is 1. The van der Waals surface area contributed by atoms with Gasteiger partial charge >= 0.3 is 0 Å². The molecule has 0 unspecified atom stereocenters. The number of nitrogen functional groups attached to an aromatic ring is 1. The molecule has 21 heavy (non-hydrogen) atoms. The Hall–Kier alpha value is -2.40. The Bertz CT molecular complexity index is 739. The van der Waals surface area contributed by atoms with Crippen molar-refractivity contribution in [2.75, 3.05) is 5.73 Å². The van der Waals surface area contributed by atoms with Crippen molar-refractivity contribution in [3.63, 3.8) is 0 Å². The lowest BCUT2D eigenvalue weighted by molar-refractivity contribution is 0.379. The van der Waals surface area contributed by atoms with Gasteiger partial charge in [-0.3, -0.25) is 4.98 Å². The number of halogens is 1. The third-order valence-electron chi connectivity index (χ3n) is 3.00. The van der Waals surface area contributed by atoms with Gasteiger partial charge in [-0.1, -0.05) is 28.9 Å². The number of nitrogens with zero attached hydrogens (tertiary/aromatic N) is 3. The lowest BCUT2D eigenvalue weighted by atomic mass is 10.1. The first-order valence-electron chi connectivity index (χ1n) is 6.49. The fourth-order valence-electron chi connectivity index (χ4n) is 1.97. The molecule has 106 valence electrons. The van der Waals surface area contributed by atoms with Gasteiger partial charge in [-0.25, -0.2) is 0 Å². The second-order valence-corrected chi connectivity index (χ2v) is 5.05. The zero-order chi connectivity index (χ0) is 14.7. The van der Waals surface area contributed by atoms with E-state index in [1.807, 2.05) is 24.3 Å². The molecule has 0 spiro atoms. The largest absolute Gasteiger partial charge is 0.399 e. The van der Waals surface area contributed by atoms with Gasteiger partial charge in [0.15, 0.2) is 0 Å². The highest BCUT2D eigenvalue weighted by molar-refractivity contribution is 6.30. The van der Waals surface area contributed by atoms with Crippen molar-refractivity contribution in [2.24, 2.45) is 0 Å². The maximum Gasteiger partial charge on any atom is 0.227 e. The molecule has 0 fully saturated rings. The van der Waals surface area contributed by atoms with Crippen LogP contribution in [0.1, 0.15) is 11.5 Å². The molecule has 0 radical (unpaired) electrons. The molecule has 2 N–H and O–H groups in total. The first-order chi connectivity index (χ1) is 10.2. The SMILES string of the molecule is Nc1cccc(CCc2nc(-c3ccc(Cl)cn3)no2)c1. The maximum atomic E-state index is 5.80. The van der Waals surface area contributed by atoms with Crippen LogP contribution in [0.15, 0.2) is 47.1 Å². The molecule has 0 amide bonds. The number of benzene rings is 1. The highest BCUT2D eigenvalue weighted by atomic mass is 35.5. The van der Waals surface area contributed by atoms with E-state index in [1.165, 1.54) is 0 Å². The first kappa shape index (κ1) is 13.6. The van der Waals surface area contributed by atoms with Crippen molar-refractivity contribution in [2.45, 2.75) is 12.8 Å². The highest BCUT2D eigenvalue weighted by Crippen LogP contribution is 2.16. The standard InChI is InChI=1S/C15H13ClN4O/c16-11-5-6-13(18-9-11)15-19-14(21-20-15)7-4-10-2-1-3-12(17)8-10/h1-3,5-6,8-9H,4,7,17H2. The molecule has 0 aliphatic carbocycles. The molecule has 0 saturated heterocycles. The summed E-state index contributed by atoms with van der Waals surface area (Å²) in [6.07, 6.45) is 3.00. The smallest absolute Gasteiger partial charge is 0.227 e. The normalized spacial score (nSPS) is 10.7. The molecule has 0 bridgehead atoms. The molecule has 0 atom stereocenters. The summed E-state index contributed by atoms with van der Waals surface area (Å²) in [6.45, 7) is 0. The minimum absolute atomic E-state index is 0.467. The minimum Gasteiger partial charge on any atom is -0.399 e. The van der Waals surface area contributed by atoms with Gasteiger partial charge in [0.25, 0.3) is 0 Å². The van der Waals surface area contributed by atoms with Gasteiger partial charge in [0.2, 0.25) is 11.7 Å². The van der Waals surface area contributed by atoms with Crippen LogP contribution < -0.4 is 5.73 Å². The van der Waals surface area contributed by atoms with E-state index in [0.717, 1.165) is 17.7 Å². The van der Waals surface area contributed by atoms with E-state index >= 15 is 0 Å². The van der Waals surface area contributed by atoms with Crippen molar-refractivity contribution in [3.05, 3.63) is 59.1 Å². The van der Waals surface area contributed by atoms with E-state index in [0.29, 0.717) is 28.9 Å². The van der Waals surface area contributed by atoms with Crippen LogP contribution in [0.3, 0.4) is 0 Å². The third kappa shape index (κ3) is 3.38. The lowest BCUT2D eigenvalue weighted by Gasteiger charge is -1.99. The predicted octanol–water partition coefficient (Wildman–Crippen LogP) is 3.15. The van der Waals surface area contributed by atoms with Crippen LogP contribution in [0.25, 0.3) is 11.5 Å². The number of aromatic nitrogens is 3. The van der Waals surface area contributed by atoms with Gasteiger partial charge in [0.05, 0.1) is 5.02 Å². The first-order valence-corrected chi connectivity index (χ1v) is 6.87. The van der Waals surface area contributed by atoms with Gasteiger partial charge in [-0.05, 0) is 36.2 Å². The molecular weight excluding hydrogens is 288 g/mol. The third-order valence-corrected chi connectivity index (χ3v) is 3.23. The summed E-state index contributed by atoms with van der Waals surface area (Å²) in [5, 5.41) is 4.50. The maximum absolute atomic E-state index is 5.80. The molecule has 6 heteroatoms. The average molecular weight is 301 g/mol. The average Bonchev–Trinajstić information content (AvgIpc) is 2.95. The van der Waals surface area contributed by atoms with Crippen molar-refractivity contribution in [1.29, 1.82) is 0 Å². The molecule has 5 nitrogen and oxygen atoms in total. The van der Waals surface area contributed by atoms with Crippen molar-refractivity contribution in [3.8, 4) is 11.5 Å². The number of aryl methyl sites for hydroxylation is 2. The zero-order valence-corrected chi connectivity index (χ0v) is 11.9. The van der Waals surface area contributed by atoms with Crippen LogP contribution in [0.4, 0.5) is 5.69 Å². The summed E-state index contributed by atoms with van der Waals surface area (Å²) >= 11 is 5.80. The Morgan fingerprint density at radius 2 is 2.05 bits per heavy atom. The van der Waals surface area contributed by atoms with Crippen LogP contribution in [-0.2, 0) is 12.8 Å². The summed E-state index contributed by atoms with van der Waals surface area (Å²) < 4.78 is 5.24. The van der Waals surface area contributed by atoms with E-state index < -0.39 is 0 Å². The molecule has 1 aromatic carbocycles. The number of hydrogen-bond acceptors (Lipinski definition) is 5. The van der Waals surface area contributed by atoms with Crippen molar-refractivity contribution < 1.29 is 4.52 Å². The highest BCUT2D eigenvalue weighted by Gasteiger charge is 2.09. The van der Waals surface area contributed by atoms with Gasteiger partial charge in [0.1, 0.15) is 5.69 Å². The second-order valence-electron chi connectivity index (χ2n) is 4.62. The lowest BCUT2D eigenvalue weighted by Crippen LogP contribution is -1.93. The molecule has 2 heterocycles. The summed E-state index contributed by atoms with van der Waals surface area (Å²) in [6, 6.07) is 11.3. The van der Waals surface area contributed by atoms with E-state index in [9.17, 15) is 0 Å². The summed E-state index contributed by atoms with van der Waals surface area (Å²) in [4.78, 5) is 8.49. The fourth-order valence-corrected chi connectivity index (χ4v) is 2.08. The Balaban J connectivity index is 1.69. The summed E-state index contributed by atoms with van der Waals surface area (Å²) in [5.41, 5.74) is 8.28. The summed E-state index contributed by atoms with van der Waals surface area (Å²) in [5.74, 6) is 1.04. The molecule has 2 aromatic heterocycles. The second kappa shape index (κ2) is 5.93. The Morgan fingerprint density at radius 1 is 1.14 bits per heavy atom. The monoisotopic (exact) mass is 300 g/mol. The molecule has 0 aliphatic rings. The number of anilines is 1. The number of nitrogens with two attached hydrogens (primary N) is 1. The van der Waals surface area contributed by atoms with Crippen LogP contribution in [0, 0.1) is 0 Å². The van der Waals surface area contributed by atoms with Crippen LogP contribution >= 0.6 is 11.6 Å². The molecule has 3 rings (SSSR count). The van der Waals surface area contributed by atoms with Gasteiger partial charge in [-0.15, -0.1) is 0 Å². The Kier molecular flexibility index (Phi) is 3.83. The molecular formula is C15H13ClN4O. The molecule has 0 aliphatic heterocycles. The fraction of sp³-hybridized carbons (Fsp3) is 0.133. The van der Waals surface area contributed by atoms with Gasteiger partial charge in [0, 0.05) is 18.3 Å². The van der Waals surface area contributed by atoms with Crippen molar-refractivity contribution >= 4 is 17.3 Å². The predicted molar refractivity (Wildman–Crippen MR) is 80.8 cm³/mol. The summed E-state index contributed by atoms with van der Waals surface area (Å²) in [7, 11) is 0. The van der Waals surface area contributed by atoms with Gasteiger partial charge < -0.3 is 10.3 Å². The zero-order valence-electron chi connectivity index (χ0n) is 11.2. The van der Waals surface area contributed by atoms with E-state index in [2.05, 4.69) is 15.1 Å². The number of rotatable bonds is 4. The Morgan fingerprint density at radius 3 is 2.81 bits per heavy atom. The van der Waals surface area contributed by atoms with E-state index in [1.54, 1.807) is 18.3 Å². The van der Waals surface area contributed by atoms with Gasteiger partial charge in [-0.2, -0.15) is 4.98 Å². The minimum atomic E-state index is 0.467. The molecule has 3 aromatic rings. The van der Waals surface area contributed by atoms with Crippen molar-refractivity contribution in [1.82, 2.24) is 15.1 Å². The molecule has 0 saturated carbocycles. The Labute approximate surface area is 126 Å². The van der Waals surface area contributed by atoms with E-state index in [4.69, 9.17) is 21.9 Å². The van der Waals surface area contributed by atoms with Crippen LogP contribution in [-0.4, -0.2) is 15.1 Å². The van der Waals surface area contributed by atoms with E-state index in [-0.39, 0.29) is 0 Å². The topological polar surface area (TPSA) is 77.8 Å².